The fourth-order valence-corrected chi connectivity index (χ4v) is 1.74. The Hall–Kier alpha value is -1.97. The Kier molecular flexibility index (Phi) is 1.21. The minimum absolute atomic E-state index is 0.0299. The van der Waals surface area contributed by atoms with E-state index in [4.69, 9.17) is 4.84 Å². The Bertz CT molecular complexity index is 465. The summed E-state index contributed by atoms with van der Waals surface area (Å²) in [6.07, 6.45) is 0.429. The number of rotatable bonds is 0. The molecule has 1 amide bonds. The Morgan fingerprint density at radius 3 is 3.14 bits per heavy atom. The summed E-state index contributed by atoms with van der Waals surface area (Å²) in [5.41, 5.74) is 6.17. The molecule has 0 bridgehead atoms. The highest BCUT2D eigenvalue weighted by molar-refractivity contribution is 6.00. The van der Waals surface area contributed by atoms with Crippen LogP contribution in [0, 0.1) is 0 Å². The lowest BCUT2D eigenvalue weighted by molar-refractivity contribution is -0.115. The summed E-state index contributed by atoms with van der Waals surface area (Å²) in [5.74, 6) is 0.771. The Labute approximate surface area is 80.5 Å². The lowest BCUT2D eigenvalue weighted by Crippen LogP contribution is -2.06. The van der Waals surface area contributed by atoms with Gasteiger partial charge in [-0.05, 0) is 17.7 Å². The van der Waals surface area contributed by atoms with Crippen LogP contribution in [-0.2, 0) is 11.2 Å². The normalized spacial score (nSPS) is 16.9. The molecule has 0 saturated heterocycles. The number of nitrogens with one attached hydrogen (secondary N) is 2. The summed E-state index contributed by atoms with van der Waals surface area (Å²) in [6.45, 7) is 3.79. The summed E-state index contributed by atoms with van der Waals surface area (Å²) in [5, 5.41) is 2.78. The number of carbonyl (C=O) groups excluding carboxylic acids is 1. The zero-order valence-corrected chi connectivity index (χ0v) is 7.39. The molecule has 14 heavy (non-hydrogen) atoms. The lowest BCUT2D eigenvalue weighted by Gasteiger charge is -2.00. The average Bonchev–Trinajstić information content (AvgIpc) is 2.66. The van der Waals surface area contributed by atoms with E-state index in [-0.39, 0.29) is 5.91 Å². The van der Waals surface area contributed by atoms with Gasteiger partial charge >= 0.3 is 0 Å². The minimum Gasteiger partial charge on any atom is -0.381 e. The molecule has 2 heterocycles. The molecule has 4 heteroatoms. The first-order valence-electron chi connectivity index (χ1n) is 4.33. The van der Waals surface area contributed by atoms with E-state index in [1.807, 2.05) is 12.1 Å². The summed E-state index contributed by atoms with van der Waals surface area (Å²) < 4.78 is 0. The van der Waals surface area contributed by atoms with Gasteiger partial charge in [0.25, 0.3) is 0 Å². The van der Waals surface area contributed by atoms with Gasteiger partial charge in [0, 0.05) is 11.3 Å². The van der Waals surface area contributed by atoms with E-state index in [1.54, 1.807) is 0 Å². The van der Waals surface area contributed by atoms with Crippen molar-refractivity contribution < 1.29 is 9.63 Å². The zero-order valence-electron chi connectivity index (χ0n) is 7.39. The van der Waals surface area contributed by atoms with E-state index in [0.717, 1.165) is 28.3 Å². The average molecular weight is 188 g/mol. The van der Waals surface area contributed by atoms with Crippen LogP contribution in [0.3, 0.4) is 0 Å². The van der Waals surface area contributed by atoms with Crippen molar-refractivity contribution in [2.24, 2.45) is 0 Å². The van der Waals surface area contributed by atoms with Gasteiger partial charge < -0.3 is 10.2 Å². The van der Waals surface area contributed by atoms with Crippen molar-refractivity contribution in [2.75, 3.05) is 5.32 Å². The minimum atomic E-state index is 0.0299. The summed E-state index contributed by atoms with van der Waals surface area (Å²) in [4.78, 5) is 16.3. The molecule has 0 atom stereocenters. The monoisotopic (exact) mass is 188 g/mol. The first-order chi connectivity index (χ1) is 6.74. The van der Waals surface area contributed by atoms with E-state index in [2.05, 4.69) is 17.4 Å². The van der Waals surface area contributed by atoms with Crippen LogP contribution in [0.4, 0.5) is 5.69 Å². The highest BCUT2D eigenvalue weighted by atomic mass is 16.7. The molecule has 0 aromatic heterocycles. The fourth-order valence-electron chi connectivity index (χ4n) is 1.74. The van der Waals surface area contributed by atoms with Crippen LogP contribution in [0.1, 0.15) is 11.1 Å². The van der Waals surface area contributed by atoms with E-state index in [1.165, 1.54) is 0 Å². The van der Waals surface area contributed by atoms with Crippen molar-refractivity contribution in [2.45, 2.75) is 6.42 Å². The Morgan fingerprint density at radius 1 is 1.43 bits per heavy atom. The maximum Gasteiger partial charge on any atom is 0.228 e. The molecule has 1 aromatic rings. The van der Waals surface area contributed by atoms with Crippen molar-refractivity contribution in [1.29, 1.82) is 0 Å². The summed E-state index contributed by atoms with van der Waals surface area (Å²) in [6, 6.07) is 3.76. The first kappa shape index (κ1) is 7.44. The number of amides is 1. The van der Waals surface area contributed by atoms with E-state index in [9.17, 15) is 4.79 Å². The molecule has 2 aliphatic heterocycles. The van der Waals surface area contributed by atoms with E-state index < -0.39 is 0 Å². The second-order valence-corrected chi connectivity index (χ2v) is 3.41. The third-order valence-electron chi connectivity index (χ3n) is 2.44. The van der Waals surface area contributed by atoms with Crippen molar-refractivity contribution in [1.82, 2.24) is 5.48 Å². The number of hydroxylamine groups is 1. The first-order valence-corrected chi connectivity index (χ1v) is 4.33. The van der Waals surface area contributed by atoms with Crippen LogP contribution < -0.4 is 15.6 Å². The van der Waals surface area contributed by atoms with Gasteiger partial charge in [-0.15, -0.1) is 0 Å². The van der Waals surface area contributed by atoms with Crippen LogP contribution in [0.5, 0.6) is 5.75 Å². The quantitative estimate of drug-likeness (QED) is 0.639. The van der Waals surface area contributed by atoms with Crippen LogP contribution in [0.15, 0.2) is 18.7 Å². The molecule has 0 radical (unpaired) electrons. The number of hydrogen-bond acceptors (Lipinski definition) is 3. The van der Waals surface area contributed by atoms with Gasteiger partial charge in [-0.1, -0.05) is 6.58 Å². The van der Waals surface area contributed by atoms with Gasteiger partial charge in [-0.25, -0.2) is 5.48 Å². The van der Waals surface area contributed by atoms with Crippen LogP contribution >= 0.6 is 0 Å². The number of hydrogen-bond donors (Lipinski definition) is 2. The molecule has 0 fully saturated rings. The SMILES string of the molecule is C=C1NOc2cc3c(cc21)NC(=O)C3. The zero-order chi connectivity index (χ0) is 9.71. The van der Waals surface area contributed by atoms with Gasteiger partial charge in [-0.2, -0.15) is 0 Å². The Morgan fingerprint density at radius 2 is 2.29 bits per heavy atom. The number of fused-ring (bicyclic) bond motifs is 2. The van der Waals surface area contributed by atoms with Crippen LogP contribution in [0.2, 0.25) is 0 Å². The standard InChI is InChI=1S/C10H8N2O2/c1-5-7-4-8-6(3-10(13)11-8)2-9(7)14-12-5/h2,4,12H,1,3H2,(H,11,13). The smallest absolute Gasteiger partial charge is 0.228 e. The number of benzene rings is 1. The molecule has 4 nitrogen and oxygen atoms in total. The maximum absolute atomic E-state index is 11.1. The third kappa shape index (κ3) is 0.849. The second-order valence-electron chi connectivity index (χ2n) is 3.41. The van der Waals surface area contributed by atoms with Gasteiger partial charge in [0.2, 0.25) is 5.91 Å². The van der Waals surface area contributed by atoms with Gasteiger partial charge in [0.15, 0.2) is 5.75 Å². The molecule has 2 N–H and O–H groups in total. The molecule has 0 unspecified atom stereocenters. The van der Waals surface area contributed by atoms with Gasteiger partial charge in [0.05, 0.1) is 12.1 Å². The van der Waals surface area contributed by atoms with Gasteiger partial charge in [-0.3, -0.25) is 4.79 Å². The molecule has 0 spiro atoms. The maximum atomic E-state index is 11.1. The van der Waals surface area contributed by atoms with Crippen molar-refractivity contribution >= 4 is 17.3 Å². The number of carbonyl (C=O) groups is 1. The molecular formula is C10H8N2O2. The third-order valence-corrected chi connectivity index (χ3v) is 2.44. The second kappa shape index (κ2) is 2.29. The summed E-state index contributed by atoms with van der Waals surface area (Å²) >= 11 is 0. The van der Waals surface area contributed by atoms with Crippen molar-refractivity contribution in [3.8, 4) is 5.75 Å². The molecule has 3 rings (SSSR count). The Balaban J connectivity index is 2.19. The largest absolute Gasteiger partial charge is 0.381 e. The lowest BCUT2D eigenvalue weighted by atomic mass is 10.1. The predicted octanol–water partition coefficient (Wildman–Crippen LogP) is 1.05. The van der Waals surface area contributed by atoms with E-state index in [0.29, 0.717) is 6.42 Å². The van der Waals surface area contributed by atoms with Crippen molar-refractivity contribution in [3.63, 3.8) is 0 Å². The molecule has 0 aliphatic carbocycles. The molecule has 2 aliphatic rings. The highest BCUT2D eigenvalue weighted by Gasteiger charge is 2.24. The molecule has 70 valence electrons. The molecular weight excluding hydrogens is 180 g/mol. The predicted molar refractivity (Wildman–Crippen MR) is 51.6 cm³/mol. The van der Waals surface area contributed by atoms with Gasteiger partial charge in [0.1, 0.15) is 0 Å². The topological polar surface area (TPSA) is 50.4 Å². The molecule has 0 saturated carbocycles. The number of anilines is 1. The van der Waals surface area contributed by atoms with Crippen LogP contribution in [-0.4, -0.2) is 5.91 Å². The molecule has 1 aromatic carbocycles. The van der Waals surface area contributed by atoms with E-state index >= 15 is 0 Å². The van der Waals surface area contributed by atoms with Crippen molar-refractivity contribution in [3.05, 3.63) is 29.8 Å². The summed E-state index contributed by atoms with van der Waals surface area (Å²) in [7, 11) is 0. The fraction of sp³-hybridized carbons (Fsp3) is 0.100. The highest BCUT2D eigenvalue weighted by Crippen LogP contribution is 2.36. The van der Waals surface area contributed by atoms with Crippen LogP contribution in [0.25, 0.3) is 5.70 Å².